The van der Waals surface area contributed by atoms with Crippen molar-refractivity contribution in [3.8, 4) is 5.75 Å². The zero-order chi connectivity index (χ0) is 30.4. The first-order chi connectivity index (χ1) is 21.4. The van der Waals surface area contributed by atoms with Gasteiger partial charge in [-0.15, -0.1) is 0 Å². The number of hydrogen-bond acceptors (Lipinski definition) is 4. The first-order valence-corrected chi connectivity index (χ1v) is 15.7. The smallest absolute Gasteiger partial charge is 0.208 e. The normalized spacial score (nSPS) is 13.7. The SMILES string of the molecule is Cc1cc(C)c(N2[C]N(c3c(C)cc(OCCCOCc4ccc5ccc6cccc7ccc4c5c67)cc3C)CC2)c(C)c1. The van der Waals surface area contributed by atoms with E-state index in [0.717, 1.165) is 25.3 Å². The van der Waals surface area contributed by atoms with Crippen molar-refractivity contribution in [2.24, 2.45) is 0 Å². The van der Waals surface area contributed by atoms with Crippen molar-refractivity contribution in [3.63, 3.8) is 0 Å². The molecule has 7 rings (SSSR count). The van der Waals surface area contributed by atoms with Crippen LogP contribution in [-0.2, 0) is 11.3 Å². The maximum atomic E-state index is 6.19. The average molecular weight is 581 g/mol. The van der Waals surface area contributed by atoms with Gasteiger partial charge in [0.1, 0.15) is 5.75 Å². The third-order valence-electron chi connectivity index (χ3n) is 9.01. The number of anilines is 2. The predicted octanol–water partition coefficient (Wildman–Crippen LogP) is 9.43. The van der Waals surface area contributed by atoms with E-state index >= 15 is 0 Å². The Kier molecular flexibility index (Phi) is 7.55. The summed E-state index contributed by atoms with van der Waals surface area (Å²) in [5.41, 5.74) is 10.0. The summed E-state index contributed by atoms with van der Waals surface area (Å²) in [4.78, 5) is 4.54. The van der Waals surface area contributed by atoms with Crippen LogP contribution in [0.1, 0.15) is 39.8 Å². The Morgan fingerprint density at radius 2 is 1.20 bits per heavy atom. The van der Waals surface area contributed by atoms with Gasteiger partial charge in [0.2, 0.25) is 6.67 Å². The fraction of sp³-hybridized carbons (Fsp3) is 0.275. The fourth-order valence-electron chi connectivity index (χ4n) is 7.25. The number of nitrogens with zero attached hydrogens (tertiary/aromatic N) is 2. The third kappa shape index (κ3) is 5.22. The Morgan fingerprint density at radius 1 is 0.636 bits per heavy atom. The zero-order valence-corrected chi connectivity index (χ0v) is 26.5. The van der Waals surface area contributed by atoms with Crippen LogP contribution in [0.25, 0.3) is 32.3 Å². The first kappa shape index (κ1) is 28.5. The van der Waals surface area contributed by atoms with Gasteiger partial charge in [0.05, 0.1) is 19.8 Å². The molecule has 0 atom stereocenters. The molecule has 0 bridgehead atoms. The molecule has 222 valence electrons. The summed E-state index contributed by atoms with van der Waals surface area (Å²) < 4.78 is 12.3. The van der Waals surface area contributed by atoms with E-state index < -0.39 is 0 Å². The number of benzene rings is 6. The van der Waals surface area contributed by atoms with Crippen LogP contribution in [0, 0.1) is 41.3 Å². The Labute approximate surface area is 261 Å². The molecule has 4 nitrogen and oxygen atoms in total. The van der Waals surface area contributed by atoms with Crippen LogP contribution in [0.3, 0.4) is 0 Å². The first-order valence-electron chi connectivity index (χ1n) is 15.7. The molecular formula is C40H40N2O2. The van der Waals surface area contributed by atoms with Gasteiger partial charge in [0.15, 0.2) is 0 Å². The number of rotatable bonds is 9. The van der Waals surface area contributed by atoms with Gasteiger partial charge in [0, 0.05) is 30.9 Å². The van der Waals surface area contributed by atoms with E-state index in [1.165, 1.54) is 77.1 Å². The van der Waals surface area contributed by atoms with Gasteiger partial charge in [0.25, 0.3) is 0 Å². The lowest BCUT2D eigenvalue weighted by molar-refractivity contribution is 0.108. The van der Waals surface area contributed by atoms with Crippen molar-refractivity contribution >= 4 is 43.7 Å². The summed E-state index contributed by atoms with van der Waals surface area (Å²) in [6.07, 6.45) is 0.837. The van der Waals surface area contributed by atoms with E-state index in [-0.39, 0.29) is 0 Å². The van der Waals surface area contributed by atoms with Crippen LogP contribution in [0.15, 0.2) is 78.9 Å². The Morgan fingerprint density at radius 3 is 1.86 bits per heavy atom. The lowest BCUT2D eigenvalue weighted by Gasteiger charge is -2.25. The summed E-state index contributed by atoms with van der Waals surface area (Å²) >= 11 is 0. The highest BCUT2D eigenvalue weighted by Crippen LogP contribution is 2.37. The second-order valence-electron chi connectivity index (χ2n) is 12.4. The summed E-state index contributed by atoms with van der Waals surface area (Å²) in [6, 6.07) is 28.7. The average Bonchev–Trinajstić information content (AvgIpc) is 3.46. The van der Waals surface area contributed by atoms with Gasteiger partial charge in [-0.1, -0.05) is 72.3 Å². The van der Waals surface area contributed by atoms with Crippen LogP contribution >= 0.6 is 0 Å². The minimum Gasteiger partial charge on any atom is -0.493 e. The topological polar surface area (TPSA) is 24.9 Å². The van der Waals surface area contributed by atoms with Gasteiger partial charge in [-0.3, -0.25) is 0 Å². The van der Waals surface area contributed by atoms with Gasteiger partial charge in [-0.2, -0.15) is 0 Å². The van der Waals surface area contributed by atoms with Gasteiger partial charge >= 0.3 is 0 Å². The molecule has 0 aromatic heterocycles. The van der Waals surface area contributed by atoms with E-state index in [1.807, 2.05) is 0 Å². The minimum atomic E-state index is 0.600. The number of ether oxygens (including phenoxy) is 2. The molecule has 1 aliphatic heterocycles. The number of hydrogen-bond donors (Lipinski definition) is 0. The lowest BCUT2D eigenvalue weighted by Crippen LogP contribution is -2.21. The second kappa shape index (κ2) is 11.7. The van der Waals surface area contributed by atoms with Crippen LogP contribution < -0.4 is 14.5 Å². The molecule has 0 saturated carbocycles. The van der Waals surface area contributed by atoms with Crippen molar-refractivity contribution in [3.05, 3.63) is 119 Å². The van der Waals surface area contributed by atoms with E-state index in [1.54, 1.807) is 0 Å². The highest BCUT2D eigenvalue weighted by Gasteiger charge is 2.27. The summed E-state index contributed by atoms with van der Waals surface area (Å²) in [5, 5.41) is 7.85. The van der Waals surface area contributed by atoms with Crippen molar-refractivity contribution < 1.29 is 9.47 Å². The molecule has 1 aliphatic rings. The largest absolute Gasteiger partial charge is 0.493 e. The quantitative estimate of drug-likeness (QED) is 0.126. The molecule has 0 aliphatic carbocycles. The summed E-state index contributed by atoms with van der Waals surface area (Å²) in [7, 11) is 0. The summed E-state index contributed by atoms with van der Waals surface area (Å²) in [6.45, 7) is 18.2. The van der Waals surface area contributed by atoms with Crippen LogP contribution in [0.4, 0.5) is 11.4 Å². The lowest BCUT2D eigenvalue weighted by atomic mass is 9.92. The molecular weight excluding hydrogens is 540 g/mol. The zero-order valence-electron chi connectivity index (χ0n) is 26.5. The molecule has 0 amide bonds. The third-order valence-corrected chi connectivity index (χ3v) is 9.01. The van der Waals surface area contributed by atoms with Gasteiger partial charge in [-0.25, -0.2) is 0 Å². The Bertz CT molecular complexity index is 1910. The Hall–Kier alpha value is -4.28. The van der Waals surface area contributed by atoms with Gasteiger partial charge < -0.3 is 19.3 Å². The molecule has 0 N–H and O–H groups in total. The monoisotopic (exact) mass is 580 g/mol. The van der Waals surface area contributed by atoms with Crippen LogP contribution in [0.2, 0.25) is 0 Å². The second-order valence-corrected chi connectivity index (χ2v) is 12.4. The van der Waals surface area contributed by atoms with E-state index in [4.69, 9.17) is 9.47 Å². The highest BCUT2D eigenvalue weighted by atomic mass is 16.5. The number of aryl methyl sites for hydroxylation is 5. The van der Waals surface area contributed by atoms with E-state index in [0.29, 0.717) is 19.8 Å². The van der Waals surface area contributed by atoms with Crippen LogP contribution in [-0.4, -0.2) is 26.3 Å². The molecule has 0 spiro atoms. The molecule has 44 heavy (non-hydrogen) atoms. The molecule has 2 radical (unpaired) electrons. The minimum absolute atomic E-state index is 0.600. The predicted molar refractivity (Wildman–Crippen MR) is 184 cm³/mol. The molecule has 4 heteroatoms. The molecule has 1 heterocycles. The fourth-order valence-corrected chi connectivity index (χ4v) is 7.25. The molecule has 6 aromatic carbocycles. The molecule has 1 saturated heterocycles. The highest BCUT2D eigenvalue weighted by molar-refractivity contribution is 6.23. The van der Waals surface area contributed by atoms with Crippen molar-refractivity contribution in [2.45, 2.75) is 47.6 Å². The van der Waals surface area contributed by atoms with E-state index in [2.05, 4.69) is 130 Å². The summed E-state index contributed by atoms with van der Waals surface area (Å²) in [5.74, 6) is 0.914. The Balaban J connectivity index is 0.946. The van der Waals surface area contributed by atoms with Crippen molar-refractivity contribution in [1.82, 2.24) is 0 Å². The maximum Gasteiger partial charge on any atom is 0.208 e. The van der Waals surface area contributed by atoms with E-state index in [9.17, 15) is 0 Å². The van der Waals surface area contributed by atoms with Gasteiger partial charge in [-0.05, 0) is 107 Å². The maximum absolute atomic E-state index is 6.19. The molecule has 6 aromatic rings. The van der Waals surface area contributed by atoms with Crippen molar-refractivity contribution in [1.29, 1.82) is 0 Å². The molecule has 0 unspecified atom stereocenters. The van der Waals surface area contributed by atoms with Crippen LogP contribution in [0.5, 0.6) is 5.75 Å². The standard InChI is InChI=1S/C40H40N2O2/c1-26-20-27(2)39(28(3)21-26)41-16-17-42(25-41)40-29(4)22-35(23-30(40)5)44-19-7-18-43-24-34-13-12-33-11-10-31-8-6-9-32-14-15-36(34)38(33)37(31)32/h6,8-15,20-23H,7,16-19,24H2,1-5H3. The van der Waals surface area contributed by atoms with Crippen molar-refractivity contribution in [2.75, 3.05) is 36.1 Å². The molecule has 1 fully saturated rings.